The normalized spacial score (nSPS) is 55.1. The zero-order chi connectivity index (χ0) is 45.1. The van der Waals surface area contributed by atoms with Crippen LogP contribution in [0.5, 0.6) is 0 Å². The van der Waals surface area contributed by atoms with Gasteiger partial charge in [-0.05, 0) is 111 Å². The number of aliphatic hydroxyl groups excluding tert-OH is 8. The van der Waals surface area contributed by atoms with E-state index >= 15 is 0 Å². The van der Waals surface area contributed by atoms with Crippen LogP contribution in [0.2, 0.25) is 0 Å². The molecule has 0 aromatic carbocycles. The minimum absolute atomic E-state index is 0.00631. The fraction of sp³-hybridized carbons (Fsp3) is 0.935. The van der Waals surface area contributed by atoms with Crippen molar-refractivity contribution in [1.29, 1.82) is 0 Å². The topological polar surface area (TPSA) is 255 Å². The number of carboxylic acid groups (broad SMARTS) is 1. The summed E-state index contributed by atoms with van der Waals surface area (Å²) in [5, 5.41) is 97.4. The standard InChI is InChI=1S/C46H74O16/c1-22-30(50)35(61-37-33(53)31(51)25(48)19-57-37)34(54)38(59-22)62-36-32(52)26(49)20-58-39(36)60-29-11-12-42(4)27(43(29,5)21-47)10-13-45(7)28(42)9-8-23-24-18-41(2,3)14-16-46(24,40(55)56)17-15-44(23,45)6/h8,22,24-39,47-54H,9-21H2,1-7H3,(H,55,56)/t22-,24-,25+,26-,27+,28-,29-,30-,31-,32-,33+,34+,35+,36+,37-,38-,39-,42-,43-,44+,45+,46-/m0/s1. The van der Waals surface area contributed by atoms with Gasteiger partial charge in [-0.1, -0.05) is 53.2 Å². The summed E-state index contributed by atoms with van der Waals surface area (Å²) in [5.41, 5.74) is -0.519. The summed E-state index contributed by atoms with van der Waals surface area (Å²) >= 11 is 0. The molecule has 4 saturated carbocycles. The Morgan fingerprint density at radius 3 is 2.03 bits per heavy atom. The zero-order valence-corrected chi connectivity index (χ0v) is 37.5. The maximum absolute atomic E-state index is 13.1. The molecular weight excluding hydrogens is 808 g/mol. The summed E-state index contributed by atoms with van der Waals surface area (Å²) in [5.74, 6) is -0.342. The second-order valence-corrected chi connectivity index (χ2v) is 22.4. The fourth-order valence-corrected chi connectivity index (χ4v) is 14.5. The highest BCUT2D eigenvalue weighted by molar-refractivity contribution is 5.76. The van der Waals surface area contributed by atoms with Crippen molar-refractivity contribution >= 4 is 5.97 Å². The summed E-state index contributed by atoms with van der Waals surface area (Å²) in [7, 11) is 0. The molecule has 5 aliphatic carbocycles. The number of aliphatic hydroxyl groups is 8. The van der Waals surface area contributed by atoms with Crippen LogP contribution in [0.3, 0.4) is 0 Å². The van der Waals surface area contributed by atoms with Gasteiger partial charge in [-0.15, -0.1) is 0 Å². The van der Waals surface area contributed by atoms with Crippen LogP contribution in [0.1, 0.15) is 113 Å². The summed E-state index contributed by atoms with van der Waals surface area (Å²) < 4.78 is 36.0. The van der Waals surface area contributed by atoms with Gasteiger partial charge in [-0.25, -0.2) is 0 Å². The Kier molecular flexibility index (Phi) is 12.5. The molecule has 16 heteroatoms. The third-order valence-corrected chi connectivity index (χ3v) is 18.7. The Bertz CT molecular complexity index is 1690. The molecule has 8 rings (SSSR count). The summed E-state index contributed by atoms with van der Waals surface area (Å²) in [4.78, 5) is 13.1. The van der Waals surface area contributed by atoms with Gasteiger partial charge in [0, 0.05) is 5.41 Å². The van der Waals surface area contributed by atoms with Crippen LogP contribution in [-0.2, 0) is 33.2 Å². The molecule has 0 aromatic rings. The lowest BCUT2D eigenvalue weighted by molar-refractivity contribution is -0.379. The summed E-state index contributed by atoms with van der Waals surface area (Å²) in [6.45, 7) is 14.5. The number of hydrogen-bond acceptors (Lipinski definition) is 15. The molecule has 9 N–H and O–H groups in total. The Balaban J connectivity index is 1.02. The third kappa shape index (κ3) is 7.19. The van der Waals surface area contributed by atoms with Crippen molar-refractivity contribution in [1.82, 2.24) is 0 Å². The Hall–Kier alpha value is -1.35. The molecule has 62 heavy (non-hydrogen) atoms. The van der Waals surface area contributed by atoms with E-state index in [0.29, 0.717) is 19.3 Å². The average molecular weight is 883 g/mol. The molecule has 16 nitrogen and oxygen atoms in total. The van der Waals surface area contributed by atoms with E-state index in [-0.39, 0.29) is 59.2 Å². The Morgan fingerprint density at radius 2 is 1.35 bits per heavy atom. The molecule has 0 radical (unpaired) electrons. The van der Waals surface area contributed by atoms with Gasteiger partial charge in [0.1, 0.15) is 54.9 Å². The first kappa shape index (κ1) is 47.2. The first-order valence-corrected chi connectivity index (χ1v) is 23.1. The monoisotopic (exact) mass is 882 g/mol. The van der Waals surface area contributed by atoms with Crippen LogP contribution in [0, 0.1) is 50.2 Å². The predicted octanol–water partition coefficient (Wildman–Crippen LogP) is 1.98. The van der Waals surface area contributed by atoms with Crippen molar-refractivity contribution in [2.24, 2.45) is 50.2 Å². The number of rotatable bonds is 8. The van der Waals surface area contributed by atoms with Crippen LogP contribution < -0.4 is 0 Å². The van der Waals surface area contributed by atoms with E-state index < -0.39 is 103 Å². The van der Waals surface area contributed by atoms with Crippen molar-refractivity contribution in [3.8, 4) is 0 Å². The van der Waals surface area contributed by atoms with Crippen LogP contribution >= 0.6 is 0 Å². The number of carboxylic acids is 1. The van der Waals surface area contributed by atoms with E-state index in [1.807, 2.05) is 0 Å². The molecular formula is C46H74O16. The molecule has 3 heterocycles. The van der Waals surface area contributed by atoms with E-state index in [1.165, 1.54) is 12.5 Å². The zero-order valence-electron chi connectivity index (χ0n) is 37.5. The van der Waals surface area contributed by atoms with E-state index in [4.69, 9.17) is 28.4 Å². The molecule has 7 fully saturated rings. The molecule has 0 aromatic heterocycles. The molecule has 3 aliphatic heterocycles. The van der Waals surface area contributed by atoms with Crippen LogP contribution in [-0.4, -0.2) is 158 Å². The van der Waals surface area contributed by atoms with E-state index in [9.17, 15) is 50.8 Å². The molecule has 0 spiro atoms. The number of carbonyl (C=O) groups is 1. The predicted molar refractivity (Wildman–Crippen MR) is 219 cm³/mol. The minimum atomic E-state index is -1.73. The third-order valence-electron chi connectivity index (χ3n) is 18.7. The van der Waals surface area contributed by atoms with Crippen molar-refractivity contribution in [3.05, 3.63) is 11.6 Å². The van der Waals surface area contributed by atoms with Gasteiger partial charge < -0.3 is 74.4 Å². The van der Waals surface area contributed by atoms with Gasteiger partial charge in [-0.3, -0.25) is 4.79 Å². The number of fused-ring (bicyclic) bond motifs is 7. The van der Waals surface area contributed by atoms with Crippen LogP contribution in [0.15, 0.2) is 11.6 Å². The van der Waals surface area contributed by atoms with Crippen LogP contribution in [0.4, 0.5) is 0 Å². The molecule has 354 valence electrons. The number of ether oxygens (including phenoxy) is 6. The SMILES string of the molecule is C[C@@H]1O[C@@H](O[C@H]2[C@H](O[C@H]3CC[C@@]4(C)[C@@H](CC[C@]5(C)[C@H]4CC=C4[C@@H]6CC(C)(C)CC[C@]6(C(=O)O)CC[C@]45C)[C@]3(C)CO)OC[C@H](O)[C@@H]2O)[C@H](O)[C@H](O[C@@H]2OC[C@@H](O)[C@H](O)[C@H]2O)[C@H]1O. The van der Waals surface area contributed by atoms with Gasteiger partial charge in [0.25, 0.3) is 0 Å². The highest BCUT2D eigenvalue weighted by atomic mass is 16.8. The van der Waals surface area contributed by atoms with Crippen molar-refractivity contribution in [2.45, 2.75) is 199 Å². The molecule has 0 bridgehead atoms. The molecule has 8 aliphatic rings. The molecule has 0 amide bonds. The van der Waals surface area contributed by atoms with Gasteiger partial charge >= 0.3 is 5.97 Å². The fourth-order valence-electron chi connectivity index (χ4n) is 14.5. The maximum atomic E-state index is 13.1. The highest BCUT2D eigenvalue weighted by Crippen LogP contribution is 2.76. The lowest BCUT2D eigenvalue weighted by Crippen LogP contribution is -2.67. The van der Waals surface area contributed by atoms with Gasteiger partial charge in [-0.2, -0.15) is 0 Å². The summed E-state index contributed by atoms with van der Waals surface area (Å²) in [6, 6.07) is 0. The lowest BCUT2D eigenvalue weighted by Gasteiger charge is -2.71. The lowest BCUT2D eigenvalue weighted by atomic mass is 9.33. The van der Waals surface area contributed by atoms with Crippen molar-refractivity contribution in [2.75, 3.05) is 19.8 Å². The van der Waals surface area contributed by atoms with Crippen molar-refractivity contribution in [3.63, 3.8) is 0 Å². The first-order chi connectivity index (χ1) is 29.0. The van der Waals surface area contributed by atoms with Crippen molar-refractivity contribution < 1.29 is 79.2 Å². The maximum Gasteiger partial charge on any atom is 0.310 e. The smallest absolute Gasteiger partial charge is 0.310 e. The first-order valence-electron chi connectivity index (χ1n) is 23.1. The Labute approximate surface area is 364 Å². The number of allylic oxidation sites excluding steroid dienone is 2. The Morgan fingerprint density at radius 1 is 0.710 bits per heavy atom. The largest absolute Gasteiger partial charge is 0.481 e. The quantitative estimate of drug-likeness (QED) is 0.125. The van der Waals surface area contributed by atoms with E-state index in [1.54, 1.807) is 0 Å². The highest BCUT2D eigenvalue weighted by Gasteiger charge is 2.70. The molecule has 3 saturated heterocycles. The second-order valence-electron chi connectivity index (χ2n) is 22.4. The number of aliphatic carboxylic acids is 1. The molecule has 22 atom stereocenters. The van der Waals surface area contributed by atoms with Crippen LogP contribution in [0.25, 0.3) is 0 Å². The summed E-state index contributed by atoms with van der Waals surface area (Å²) in [6.07, 6.45) is -9.19. The average Bonchev–Trinajstić information content (AvgIpc) is 3.21. The van der Waals surface area contributed by atoms with E-state index in [0.717, 1.165) is 44.9 Å². The second kappa shape index (κ2) is 16.5. The van der Waals surface area contributed by atoms with E-state index in [2.05, 4.69) is 47.6 Å². The van der Waals surface area contributed by atoms with Gasteiger partial charge in [0.2, 0.25) is 0 Å². The minimum Gasteiger partial charge on any atom is -0.481 e. The van der Waals surface area contributed by atoms with Gasteiger partial charge in [0.05, 0.1) is 37.4 Å². The van der Waals surface area contributed by atoms with Gasteiger partial charge in [0.15, 0.2) is 18.9 Å². The molecule has 0 unspecified atom stereocenters. The number of hydrogen-bond donors (Lipinski definition) is 9.